The molecule has 0 bridgehead atoms. The number of fused-ring (bicyclic) bond motifs is 1. The molecule has 1 amide bonds. The minimum atomic E-state index is -0.518. The summed E-state index contributed by atoms with van der Waals surface area (Å²) in [5.74, 6) is -0.355. The zero-order valence-corrected chi connectivity index (χ0v) is 17.8. The molecule has 11 heteroatoms. The molecule has 0 spiro atoms. The zero-order valence-electron chi connectivity index (χ0n) is 15.4. The molecule has 0 fully saturated rings. The molecule has 0 radical (unpaired) electrons. The predicted octanol–water partition coefficient (Wildman–Crippen LogP) is 1.96. The van der Waals surface area contributed by atoms with Gasteiger partial charge in [-0.1, -0.05) is 30.3 Å². The SMILES string of the molecule is Cn1c(=O)c2nc(Br)n(CC(=O)Nc3nc(-c4ccccc4)cs3)c2n(C)c1=O. The van der Waals surface area contributed by atoms with Gasteiger partial charge in [-0.3, -0.25) is 23.3 Å². The van der Waals surface area contributed by atoms with Crippen LogP contribution in [0.4, 0.5) is 5.13 Å². The first-order chi connectivity index (χ1) is 13.9. The van der Waals surface area contributed by atoms with Gasteiger partial charge < -0.3 is 5.32 Å². The van der Waals surface area contributed by atoms with Crippen molar-refractivity contribution < 1.29 is 4.79 Å². The Morgan fingerprint density at radius 3 is 2.59 bits per heavy atom. The van der Waals surface area contributed by atoms with Gasteiger partial charge in [0.2, 0.25) is 5.91 Å². The molecular weight excluding hydrogens is 460 g/mol. The number of amides is 1. The third-order valence-electron chi connectivity index (χ3n) is 4.41. The molecule has 0 saturated carbocycles. The fourth-order valence-corrected chi connectivity index (χ4v) is 4.18. The molecule has 0 aliphatic carbocycles. The molecule has 0 saturated heterocycles. The maximum atomic E-state index is 12.6. The van der Waals surface area contributed by atoms with E-state index in [9.17, 15) is 14.4 Å². The highest BCUT2D eigenvalue weighted by Gasteiger charge is 2.19. The van der Waals surface area contributed by atoms with Crippen LogP contribution in [0.25, 0.3) is 22.4 Å². The molecule has 3 heterocycles. The highest BCUT2D eigenvalue weighted by Crippen LogP contribution is 2.25. The molecule has 0 unspecified atom stereocenters. The van der Waals surface area contributed by atoms with Crippen molar-refractivity contribution in [1.82, 2.24) is 23.7 Å². The van der Waals surface area contributed by atoms with Gasteiger partial charge in [0.05, 0.1) is 5.69 Å². The van der Waals surface area contributed by atoms with E-state index in [1.54, 1.807) is 0 Å². The second kappa shape index (κ2) is 7.41. The van der Waals surface area contributed by atoms with E-state index in [2.05, 4.69) is 31.2 Å². The fourth-order valence-electron chi connectivity index (χ4n) is 2.98. The van der Waals surface area contributed by atoms with Gasteiger partial charge in [0.1, 0.15) is 6.54 Å². The Morgan fingerprint density at radius 1 is 1.14 bits per heavy atom. The first kappa shape index (κ1) is 19.3. The summed E-state index contributed by atoms with van der Waals surface area (Å²) in [5.41, 5.74) is 1.09. The third-order valence-corrected chi connectivity index (χ3v) is 5.78. The minimum Gasteiger partial charge on any atom is -0.300 e. The zero-order chi connectivity index (χ0) is 20.7. The number of nitrogens with one attached hydrogen (secondary N) is 1. The van der Waals surface area contributed by atoms with Crippen molar-refractivity contribution in [2.24, 2.45) is 14.1 Å². The lowest BCUT2D eigenvalue weighted by Crippen LogP contribution is -2.37. The van der Waals surface area contributed by atoms with E-state index < -0.39 is 11.2 Å². The van der Waals surface area contributed by atoms with Crippen molar-refractivity contribution in [3.8, 4) is 11.3 Å². The van der Waals surface area contributed by atoms with E-state index in [0.29, 0.717) is 5.13 Å². The van der Waals surface area contributed by atoms with Gasteiger partial charge in [-0.05, 0) is 15.9 Å². The summed E-state index contributed by atoms with van der Waals surface area (Å²) in [7, 11) is 2.91. The number of hydrogen-bond donors (Lipinski definition) is 1. The van der Waals surface area contributed by atoms with Crippen LogP contribution < -0.4 is 16.6 Å². The molecule has 29 heavy (non-hydrogen) atoms. The van der Waals surface area contributed by atoms with Crippen LogP contribution in [0.1, 0.15) is 0 Å². The fraction of sp³-hybridized carbons (Fsp3) is 0.167. The van der Waals surface area contributed by atoms with Crippen molar-refractivity contribution in [2.75, 3.05) is 5.32 Å². The molecule has 1 N–H and O–H groups in total. The van der Waals surface area contributed by atoms with Gasteiger partial charge in [0.15, 0.2) is 21.0 Å². The number of nitrogens with zero attached hydrogens (tertiary/aromatic N) is 5. The molecule has 148 valence electrons. The molecule has 4 rings (SSSR count). The van der Waals surface area contributed by atoms with E-state index in [1.807, 2.05) is 35.7 Å². The van der Waals surface area contributed by atoms with Crippen LogP contribution in [-0.2, 0) is 25.4 Å². The number of hydrogen-bond acceptors (Lipinski definition) is 6. The van der Waals surface area contributed by atoms with Crippen LogP contribution in [-0.4, -0.2) is 29.6 Å². The summed E-state index contributed by atoms with van der Waals surface area (Å²) < 4.78 is 4.02. The molecule has 9 nitrogen and oxygen atoms in total. The smallest absolute Gasteiger partial charge is 0.300 e. The van der Waals surface area contributed by atoms with Crippen LogP contribution >= 0.6 is 27.3 Å². The van der Waals surface area contributed by atoms with E-state index in [1.165, 1.54) is 34.6 Å². The van der Waals surface area contributed by atoms with E-state index >= 15 is 0 Å². The topological polar surface area (TPSA) is 104 Å². The van der Waals surface area contributed by atoms with E-state index in [4.69, 9.17) is 0 Å². The number of rotatable bonds is 4. The molecule has 0 aliphatic heterocycles. The molecule has 0 atom stereocenters. The Hall–Kier alpha value is -3.05. The molecule has 3 aromatic heterocycles. The van der Waals surface area contributed by atoms with Crippen molar-refractivity contribution >= 4 is 49.5 Å². The number of thiazole rings is 1. The lowest BCUT2D eigenvalue weighted by Gasteiger charge is -2.09. The van der Waals surface area contributed by atoms with Crippen LogP contribution in [0.5, 0.6) is 0 Å². The van der Waals surface area contributed by atoms with Crippen LogP contribution in [0.2, 0.25) is 0 Å². The maximum absolute atomic E-state index is 12.6. The van der Waals surface area contributed by atoms with Crippen molar-refractivity contribution in [3.05, 3.63) is 61.3 Å². The van der Waals surface area contributed by atoms with Crippen LogP contribution in [0, 0.1) is 0 Å². The Balaban J connectivity index is 1.62. The Kier molecular flexibility index (Phi) is 4.92. The lowest BCUT2D eigenvalue weighted by molar-refractivity contribution is -0.116. The van der Waals surface area contributed by atoms with E-state index in [-0.39, 0.29) is 28.3 Å². The Labute approximate surface area is 176 Å². The first-order valence-corrected chi connectivity index (χ1v) is 10.2. The van der Waals surface area contributed by atoms with Gasteiger partial charge in [0.25, 0.3) is 5.56 Å². The number of aryl methyl sites for hydroxylation is 1. The number of carbonyl (C=O) groups is 1. The maximum Gasteiger partial charge on any atom is 0.332 e. The summed E-state index contributed by atoms with van der Waals surface area (Å²) in [6, 6.07) is 9.64. The molecule has 1 aromatic carbocycles. The lowest BCUT2D eigenvalue weighted by atomic mass is 10.2. The Morgan fingerprint density at radius 2 is 1.86 bits per heavy atom. The summed E-state index contributed by atoms with van der Waals surface area (Å²) in [5, 5.41) is 5.07. The number of carbonyl (C=O) groups excluding carboxylic acids is 1. The minimum absolute atomic E-state index is 0.106. The predicted molar refractivity (Wildman–Crippen MR) is 114 cm³/mol. The summed E-state index contributed by atoms with van der Waals surface area (Å²) in [6.07, 6.45) is 0. The quantitative estimate of drug-likeness (QED) is 0.455. The first-order valence-electron chi connectivity index (χ1n) is 8.49. The van der Waals surface area contributed by atoms with Gasteiger partial charge in [-0.25, -0.2) is 14.8 Å². The molecular formula is C18H15BrN6O3S. The average Bonchev–Trinajstić information content (AvgIpc) is 3.30. The number of imidazole rings is 1. The number of halogens is 1. The highest BCUT2D eigenvalue weighted by atomic mass is 79.9. The number of benzene rings is 1. The summed E-state index contributed by atoms with van der Waals surface area (Å²) >= 11 is 4.59. The largest absolute Gasteiger partial charge is 0.332 e. The van der Waals surface area contributed by atoms with Gasteiger partial charge >= 0.3 is 5.69 Å². The monoisotopic (exact) mass is 474 g/mol. The van der Waals surface area contributed by atoms with Crippen molar-refractivity contribution in [2.45, 2.75) is 6.54 Å². The van der Waals surface area contributed by atoms with Crippen LogP contribution in [0.3, 0.4) is 0 Å². The Bertz CT molecular complexity index is 1350. The summed E-state index contributed by atoms with van der Waals surface area (Å²) in [4.78, 5) is 45.8. The van der Waals surface area contributed by atoms with Gasteiger partial charge in [0, 0.05) is 25.0 Å². The standard InChI is InChI=1S/C18H15BrN6O3S/c1-23-14-13(15(27)24(2)18(23)28)22-16(19)25(14)8-12(26)21-17-20-11(9-29-17)10-6-4-3-5-7-10/h3-7,9H,8H2,1-2H3,(H,20,21,26). The molecule has 0 aliphatic rings. The number of aromatic nitrogens is 5. The third kappa shape index (κ3) is 3.42. The summed E-state index contributed by atoms with van der Waals surface area (Å²) in [6.45, 7) is -0.141. The van der Waals surface area contributed by atoms with Crippen molar-refractivity contribution in [1.29, 1.82) is 0 Å². The second-order valence-electron chi connectivity index (χ2n) is 6.30. The second-order valence-corrected chi connectivity index (χ2v) is 7.86. The van der Waals surface area contributed by atoms with Gasteiger partial charge in [-0.2, -0.15) is 0 Å². The number of anilines is 1. The average molecular weight is 475 g/mol. The van der Waals surface area contributed by atoms with Crippen LogP contribution in [0.15, 0.2) is 50.0 Å². The highest BCUT2D eigenvalue weighted by molar-refractivity contribution is 9.10. The van der Waals surface area contributed by atoms with E-state index in [0.717, 1.165) is 15.8 Å². The normalized spacial score (nSPS) is 11.1. The molecule has 4 aromatic rings. The van der Waals surface area contributed by atoms with Crippen molar-refractivity contribution in [3.63, 3.8) is 0 Å². The van der Waals surface area contributed by atoms with Gasteiger partial charge in [-0.15, -0.1) is 11.3 Å².